The maximum atomic E-state index is 10.1. The van der Waals surface area contributed by atoms with E-state index < -0.39 is 0 Å². The smallest absolute Gasteiger partial charge is 0.193 e. The summed E-state index contributed by atoms with van der Waals surface area (Å²) in [6.07, 6.45) is 4.36. The van der Waals surface area contributed by atoms with E-state index in [9.17, 15) is 5.11 Å². The first-order chi connectivity index (χ1) is 12.7. The van der Waals surface area contributed by atoms with Gasteiger partial charge < -0.3 is 25.0 Å². The Morgan fingerprint density at radius 1 is 1.23 bits per heavy atom. The fourth-order valence-corrected chi connectivity index (χ4v) is 4.45. The number of hydrogen-bond acceptors (Lipinski definition) is 5. The number of aliphatic imine (C=N–C) groups is 1. The van der Waals surface area contributed by atoms with Crippen LogP contribution < -0.4 is 10.2 Å². The number of piperazine rings is 1. The molecule has 2 saturated heterocycles. The number of hydrogen-bond donors (Lipinski definition) is 2. The number of anilines is 1. The number of ether oxygens (including phenoxy) is 1. The molecule has 0 saturated carbocycles. The van der Waals surface area contributed by atoms with Gasteiger partial charge in [0.1, 0.15) is 5.75 Å². The molecule has 1 aromatic carbocycles. The normalized spacial score (nSPS) is 20.9. The molecule has 0 amide bonds. The van der Waals surface area contributed by atoms with Crippen molar-refractivity contribution in [2.45, 2.75) is 17.6 Å². The van der Waals surface area contributed by atoms with Crippen molar-refractivity contribution in [3.8, 4) is 5.75 Å². The van der Waals surface area contributed by atoms with Gasteiger partial charge in [0, 0.05) is 57.7 Å². The molecule has 0 bridgehead atoms. The summed E-state index contributed by atoms with van der Waals surface area (Å²) in [5, 5.41) is 13.7. The molecule has 0 spiro atoms. The largest absolute Gasteiger partial charge is 0.506 e. The second-order valence-electron chi connectivity index (χ2n) is 6.86. The molecule has 2 N–H and O–H groups in total. The molecular weight excluding hydrogens is 348 g/mol. The molecule has 0 aliphatic carbocycles. The number of nitrogens with zero attached hydrogens (tertiary/aromatic N) is 3. The fourth-order valence-electron chi connectivity index (χ4n) is 3.66. The van der Waals surface area contributed by atoms with Gasteiger partial charge in [-0.05, 0) is 31.2 Å². The Labute approximate surface area is 160 Å². The summed E-state index contributed by atoms with van der Waals surface area (Å²) >= 11 is 1.94. The predicted octanol–water partition coefficient (Wildman–Crippen LogP) is 2.00. The Morgan fingerprint density at radius 2 is 1.92 bits per heavy atom. The van der Waals surface area contributed by atoms with E-state index in [4.69, 9.17) is 4.74 Å². The van der Waals surface area contributed by atoms with Crippen LogP contribution in [0.15, 0.2) is 29.3 Å². The predicted molar refractivity (Wildman–Crippen MR) is 110 cm³/mol. The van der Waals surface area contributed by atoms with Crippen LogP contribution in [-0.4, -0.2) is 80.0 Å². The fraction of sp³-hybridized carbons (Fsp3) is 0.632. The average molecular weight is 379 g/mol. The van der Waals surface area contributed by atoms with E-state index in [1.807, 2.05) is 37.0 Å². The van der Waals surface area contributed by atoms with Gasteiger partial charge in [0.2, 0.25) is 0 Å². The standard InChI is InChI=1S/C19H30N4O2S/c1-20-18(21-15-19(26-2)7-13-25-14-8-19)23-11-9-22(10-12-23)16-5-3-4-6-17(16)24/h3-6,24H,7-15H2,1-2H3,(H,20,21). The summed E-state index contributed by atoms with van der Waals surface area (Å²) in [6, 6.07) is 7.56. The molecule has 3 rings (SSSR count). The highest BCUT2D eigenvalue weighted by Crippen LogP contribution is 2.33. The molecule has 0 radical (unpaired) electrons. The zero-order valence-corrected chi connectivity index (χ0v) is 16.6. The lowest BCUT2D eigenvalue weighted by Crippen LogP contribution is -2.55. The highest BCUT2D eigenvalue weighted by molar-refractivity contribution is 8.00. The van der Waals surface area contributed by atoms with Crippen molar-refractivity contribution < 1.29 is 9.84 Å². The van der Waals surface area contributed by atoms with Gasteiger partial charge in [-0.3, -0.25) is 4.99 Å². The third kappa shape index (κ3) is 4.38. The summed E-state index contributed by atoms with van der Waals surface area (Å²) < 4.78 is 5.77. The van der Waals surface area contributed by atoms with E-state index in [2.05, 4.69) is 26.4 Å². The van der Waals surface area contributed by atoms with Crippen molar-refractivity contribution in [1.29, 1.82) is 0 Å². The Kier molecular flexibility index (Phi) is 6.53. The van der Waals surface area contributed by atoms with Crippen molar-refractivity contribution in [2.75, 3.05) is 64.1 Å². The minimum Gasteiger partial charge on any atom is -0.506 e. The number of phenolic OH excluding ortho intramolecular Hbond substituents is 1. The van der Waals surface area contributed by atoms with E-state index in [1.165, 1.54) is 0 Å². The molecule has 1 aromatic rings. The number of aromatic hydroxyl groups is 1. The molecule has 0 unspecified atom stereocenters. The number of rotatable bonds is 4. The van der Waals surface area contributed by atoms with Crippen LogP contribution in [0.3, 0.4) is 0 Å². The third-order valence-electron chi connectivity index (χ3n) is 5.42. The molecule has 7 heteroatoms. The second kappa shape index (κ2) is 8.86. The molecule has 0 aromatic heterocycles. The number of para-hydroxylation sites is 2. The lowest BCUT2D eigenvalue weighted by atomic mass is 9.99. The molecule has 2 heterocycles. The zero-order valence-electron chi connectivity index (χ0n) is 15.8. The minimum absolute atomic E-state index is 0.242. The first-order valence-electron chi connectivity index (χ1n) is 9.29. The van der Waals surface area contributed by atoms with E-state index in [0.29, 0.717) is 5.75 Å². The summed E-state index contributed by atoms with van der Waals surface area (Å²) in [6.45, 7) is 6.15. The number of benzene rings is 1. The number of thioether (sulfide) groups is 1. The first-order valence-corrected chi connectivity index (χ1v) is 10.5. The van der Waals surface area contributed by atoms with Gasteiger partial charge in [0.05, 0.1) is 5.69 Å². The molecule has 144 valence electrons. The van der Waals surface area contributed by atoms with Crippen LogP contribution in [0.5, 0.6) is 5.75 Å². The number of phenols is 1. The van der Waals surface area contributed by atoms with Crippen molar-refractivity contribution in [3.05, 3.63) is 24.3 Å². The highest BCUT2D eigenvalue weighted by Gasteiger charge is 2.32. The van der Waals surface area contributed by atoms with Gasteiger partial charge in [-0.1, -0.05) is 12.1 Å². The van der Waals surface area contributed by atoms with Gasteiger partial charge in [0.25, 0.3) is 0 Å². The second-order valence-corrected chi connectivity index (χ2v) is 8.14. The number of guanidine groups is 1. The van der Waals surface area contributed by atoms with Crippen molar-refractivity contribution in [1.82, 2.24) is 10.2 Å². The van der Waals surface area contributed by atoms with Gasteiger partial charge in [-0.25, -0.2) is 0 Å². The highest BCUT2D eigenvalue weighted by atomic mass is 32.2. The van der Waals surface area contributed by atoms with Crippen LogP contribution >= 0.6 is 11.8 Å². The molecule has 2 aliphatic heterocycles. The van der Waals surface area contributed by atoms with E-state index in [-0.39, 0.29) is 4.75 Å². The van der Waals surface area contributed by atoms with Crippen LogP contribution in [0.25, 0.3) is 0 Å². The van der Waals surface area contributed by atoms with Gasteiger partial charge in [0.15, 0.2) is 5.96 Å². The molecule has 6 nitrogen and oxygen atoms in total. The van der Waals surface area contributed by atoms with E-state index >= 15 is 0 Å². The summed E-state index contributed by atoms with van der Waals surface area (Å²) in [5.41, 5.74) is 0.915. The van der Waals surface area contributed by atoms with Crippen molar-refractivity contribution >= 4 is 23.4 Å². The maximum absolute atomic E-state index is 10.1. The zero-order chi connectivity index (χ0) is 18.4. The first kappa shape index (κ1) is 19.2. The SMILES string of the molecule is CN=C(NCC1(SC)CCOCC1)N1CCN(c2ccccc2O)CC1. The Hall–Kier alpha value is -1.60. The van der Waals surface area contributed by atoms with E-state index in [1.54, 1.807) is 6.07 Å². The van der Waals surface area contributed by atoms with E-state index in [0.717, 1.165) is 70.4 Å². The average Bonchev–Trinajstić information content (AvgIpc) is 2.70. The third-order valence-corrected chi connectivity index (χ3v) is 6.84. The van der Waals surface area contributed by atoms with Crippen LogP contribution in [0.2, 0.25) is 0 Å². The van der Waals surface area contributed by atoms with Crippen LogP contribution in [-0.2, 0) is 4.74 Å². The van der Waals surface area contributed by atoms with Crippen LogP contribution in [0.1, 0.15) is 12.8 Å². The maximum Gasteiger partial charge on any atom is 0.193 e. The summed E-state index contributed by atoms with van der Waals surface area (Å²) in [4.78, 5) is 9.05. The van der Waals surface area contributed by atoms with Crippen molar-refractivity contribution in [2.24, 2.45) is 4.99 Å². The minimum atomic E-state index is 0.242. The van der Waals surface area contributed by atoms with Crippen molar-refractivity contribution in [3.63, 3.8) is 0 Å². The van der Waals surface area contributed by atoms with Crippen LogP contribution in [0, 0.1) is 0 Å². The molecule has 2 aliphatic rings. The molecular formula is C19H30N4O2S. The Morgan fingerprint density at radius 3 is 2.54 bits per heavy atom. The monoisotopic (exact) mass is 378 g/mol. The van der Waals surface area contributed by atoms with Gasteiger partial charge in [-0.15, -0.1) is 0 Å². The van der Waals surface area contributed by atoms with Gasteiger partial charge >= 0.3 is 0 Å². The van der Waals surface area contributed by atoms with Gasteiger partial charge in [-0.2, -0.15) is 11.8 Å². The molecule has 26 heavy (non-hydrogen) atoms. The molecule has 2 fully saturated rings. The summed E-state index contributed by atoms with van der Waals surface area (Å²) in [7, 11) is 1.85. The number of nitrogens with one attached hydrogen (secondary N) is 1. The van der Waals surface area contributed by atoms with Crippen LogP contribution in [0.4, 0.5) is 5.69 Å². The molecule has 0 atom stereocenters. The summed E-state index contributed by atoms with van der Waals surface area (Å²) in [5.74, 6) is 1.33. The quantitative estimate of drug-likeness (QED) is 0.617. The topological polar surface area (TPSA) is 60.3 Å². The Bertz CT molecular complexity index is 611. The lowest BCUT2D eigenvalue weighted by molar-refractivity contribution is 0.0781. The lowest BCUT2D eigenvalue weighted by Gasteiger charge is -2.40. The Balaban J connectivity index is 1.54.